The lowest BCUT2D eigenvalue weighted by atomic mass is 10.2. The third-order valence-corrected chi connectivity index (χ3v) is 2.49. The van der Waals surface area contributed by atoms with Crippen molar-refractivity contribution in [2.45, 2.75) is 4.90 Å². The van der Waals surface area contributed by atoms with E-state index in [2.05, 4.69) is 10.2 Å². The summed E-state index contributed by atoms with van der Waals surface area (Å²) >= 11 is 0. The summed E-state index contributed by atoms with van der Waals surface area (Å²) in [4.78, 5) is -0.260. The first-order valence-electron chi connectivity index (χ1n) is 4.10. The fraction of sp³-hybridized carbons (Fsp3) is 0. The molecule has 1 aromatic carbocycles. The van der Waals surface area contributed by atoms with Crippen molar-refractivity contribution in [2.24, 2.45) is 21.7 Å². The fourth-order valence-corrected chi connectivity index (χ4v) is 1.65. The number of nitrogens with two attached hydrogens (primary N) is 2. The molecule has 1 aromatic rings. The molecule has 7 nitrogen and oxygen atoms in total. The van der Waals surface area contributed by atoms with Gasteiger partial charge in [0.15, 0.2) is 0 Å². The van der Waals surface area contributed by atoms with Crippen molar-refractivity contribution in [3.63, 3.8) is 0 Å². The number of nitrogens with zero attached hydrogens (tertiary/aromatic N) is 2. The van der Waals surface area contributed by atoms with Gasteiger partial charge in [0.1, 0.15) is 4.90 Å². The molecule has 8 heteroatoms. The van der Waals surface area contributed by atoms with E-state index in [0.29, 0.717) is 0 Å². The summed E-state index contributed by atoms with van der Waals surface area (Å²) in [5, 5.41) is 6.76. The molecule has 0 spiro atoms. The van der Waals surface area contributed by atoms with E-state index in [0.717, 1.165) is 6.21 Å². The Labute approximate surface area is 92.2 Å². The molecule has 0 atom stereocenters. The summed E-state index contributed by atoms with van der Waals surface area (Å²) < 4.78 is 30.8. The van der Waals surface area contributed by atoms with Crippen molar-refractivity contribution in [3.8, 4) is 0 Å². The van der Waals surface area contributed by atoms with Gasteiger partial charge in [-0.3, -0.25) is 4.55 Å². The first kappa shape index (κ1) is 12.1. The van der Waals surface area contributed by atoms with E-state index in [1.165, 1.54) is 18.2 Å². The van der Waals surface area contributed by atoms with Crippen LogP contribution in [0, 0.1) is 0 Å². The van der Waals surface area contributed by atoms with Gasteiger partial charge in [-0.15, -0.1) is 5.10 Å². The summed E-state index contributed by atoms with van der Waals surface area (Å²) in [6, 6.07) is 5.76. The molecule has 0 radical (unpaired) electrons. The van der Waals surface area contributed by atoms with Gasteiger partial charge in [0.2, 0.25) is 5.96 Å². The SMILES string of the molecule is NC(N)=N/N=C\c1ccccc1S(=O)(=O)O. The molecule has 0 aliphatic carbocycles. The van der Waals surface area contributed by atoms with Gasteiger partial charge in [-0.25, -0.2) is 0 Å². The number of guanidine groups is 1. The Hall–Kier alpha value is -1.93. The molecule has 1 rings (SSSR count). The second-order valence-electron chi connectivity index (χ2n) is 2.78. The van der Waals surface area contributed by atoms with Gasteiger partial charge in [0, 0.05) is 5.56 Å². The number of benzene rings is 1. The van der Waals surface area contributed by atoms with Gasteiger partial charge in [0.25, 0.3) is 10.1 Å². The van der Waals surface area contributed by atoms with Crippen molar-refractivity contribution >= 4 is 22.3 Å². The van der Waals surface area contributed by atoms with E-state index < -0.39 is 10.1 Å². The fourth-order valence-electron chi connectivity index (χ4n) is 0.980. The maximum absolute atomic E-state index is 11.0. The molecule has 0 fully saturated rings. The quantitative estimate of drug-likeness (QED) is 0.285. The Morgan fingerprint density at radius 1 is 1.31 bits per heavy atom. The Morgan fingerprint density at radius 2 is 1.94 bits per heavy atom. The van der Waals surface area contributed by atoms with E-state index in [4.69, 9.17) is 16.0 Å². The molecular weight excluding hydrogens is 232 g/mol. The molecule has 0 unspecified atom stereocenters. The Kier molecular flexibility index (Phi) is 3.59. The van der Waals surface area contributed by atoms with E-state index in [-0.39, 0.29) is 16.4 Å². The standard InChI is InChI=1S/C8H10N4O3S/c9-8(10)12-11-5-6-3-1-2-4-7(6)16(13,14)15/h1-5H,(H4,9,10,12)(H,13,14,15)/b11-5-. The minimum atomic E-state index is -4.29. The van der Waals surface area contributed by atoms with Crippen LogP contribution in [0.2, 0.25) is 0 Å². The molecule has 0 saturated carbocycles. The Balaban J connectivity index is 3.16. The molecule has 0 heterocycles. The van der Waals surface area contributed by atoms with Gasteiger partial charge in [0.05, 0.1) is 6.21 Å². The molecule has 16 heavy (non-hydrogen) atoms. The maximum atomic E-state index is 11.0. The summed E-state index contributed by atoms with van der Waals surface area (Å²) in [6.45, 7) is 0. The highest BCUT2D eigenvalue weighted by atomic mass is 32.2. The van der Waals surface area contributed by atoms with Crippen LogP contribution in [-0.4, -0.2) is 25.1 Å². The molecule has 86 valence electrons. The zero-order valence-electron chi connectivity index (χ0n) is 8.11. The molecule has 0 aromatic heterocycles. The van der Waals surface area contributed by atoms with E-state index >= 15 is 0 Å². The van der Waals surface area contributed by atoms with Crippen molar-refractivity contribution in [2.75, 3.05) is 0 Å². The van der Waals surface area contributed by atoms with Crippen LogP contribution >= 0.6 is 0 Å². The molecule has 0 aliphatic rings. The lowest BCUT2D eigenvalue weighted by Crippen LogP contribution is -2.21. The van der Waals surface area contributed by atoms with Crippen LogP contribution in [0.25, 0.3) is 0 Å². The van der Waals surface area contributed by atoms with E-state index in [1.807, 2.05) is 0 Å². The predicted molar refractivity (Wildman–Crippen MR) is 59.7 cm³/mol. The molecule has 5 N–H and O–H groups in total. The lowest BCUT2D eigenvalue weighted by Gasteiger charge is -2.00. The third kappa shape index (κ3) is 3.33. The molecular formula is C8H10N4O3S. The van der Waals surface area contributed by atoms with Crippen molar-refractivity contribution in [3.05, 3.63) is 29.8 Å². The zero-order chi connectivity index (χ0) is 12.2. The van der Waals surface area contributed by atoms with Crippen LogP contribution in [0.15, 0.2) is 39.4 Å². The number of rotatable bonds is 3. The highest BCUT2D eigenvalue weighted by Crippen LogP contribution is 2.12. The smallest absolute Gasteiger partial charge is 0.295 e. The molecule has 0 saturated heterocycles. The van der Waals surface area contributed by atoms with Gasteiger partial charge in [-0.1, -0.05) is 18.2 Å². The molecule has 0 bridgehead atoms. The summed E-state index contributed by atoms with van der Waals surface area (Å²) in [5.74, 6) is -0.249. The zero-order valence-corrected chi connectivity index (χ0v) is 8.92. The summed E-state index contributed by atoms with van der Waals surface area (Å²) in [7, 11) is -4.29. The van der Waals surface area contributed by atoms with Gasteiger partial charge in [-0.05, 0) is 6.07 Å². The lowest BCUT2D eigenvalue weighted by molar-refractivity contribution is 0.483. The average Bonchev–Trinajstić information content (AvgIpc) is 2.16. The summed E-state index contributed by atoms with van der Waals surface area (Å²) in [5.41, 5.74) is 10.2. The van der Waals surface area contributed by atoms with Gasteiger partial charge < -0.3 is 11.5 Å². The van der Waals surface area contributed by atoms with Crippen molar-refractivity contribution in [1.82, 2.24) is 0 Å². The second kappa shape index (κ2) is 4.73. The van der Waals surface area contributed by atoms with Crippen LogP contribution in [0.4, 0.5) is 0 Å². The topological polar surface area (TPSA) is 131 Å². The molecule has 0 aliphatic heterocycles. The second-order valence-corrected chi connectivity index (χ2v) is 4.17. The number of hydrogen-bond donors (Lipinski definition) is 3. The van der Waals surface area contributed by atoms with Crippen molar-refractivity contribution < 1.29 is 13.0 Å². The van der Waals surface area contributed by atoms with E-state index in [9.17, 15) is 8.42 Å². The van der Waals surface area contributed by atoms with Crippen LogP contribution in [0.3, 0.4) is 0 Å². The average molecular weight is 242 g/mol. The van der Waals surface area contributed by atoms with Crippen LogP contribution in [0.5, 0.6) is 0 Å². The Morgan fingerprint density at radius 3 is 2.50 bits per heavy atom. The van der Waals surface area contributed by atoms with Crippen LogP contribution in [-0.2, 0) is 10.1 Å². The van der Waals surface area contributed by atoms with Crippen molar-refractivity contribution in [1.29, 1.82) is 0 Å². The minimum Gasteiger partial charge on any atom is -0.369 e. The van der Waals surface area contributed by atoms with Crippen LogP contribution < -0.4 is 11.5 Å². The minimum absolute atomic E-state index is 0.190. The van der Waals surface area contributed by atoms with E-state index in [1.54, 1.807) is 6.07 Å². The monoisotopic (exact) mass is 242 g/mol. The highest BCUT2D eigenvalue weighted by Gasteiger charge is 2.12. The first-order valence-corrected chi connectivity index (χ1v) is 5.54. The number of hydrogen-bond acceptors (Lipinski definition) is 4. The summed E-state index contributed by atoms with van der Waals surface area (Å²) in [6.07, 6.45) is 1.13. The Bertz CT molecular complexity index is 532. The molecule has 0 amide bonds. The highest BCUT2D eigenvalue weighted by molar-refractivity contribution is 7.86. The van der Waals surface area contributed by atoms with Gasteiger partial charge >= 0.3 is 0 Å². The van der Waals surface area contributed by atoms with Gasteiger partial charge in [-0.2, -0.15) is 13.5 Å². The third-order valence-electron chi connectivity index (χ3n) is 1.57. The largest absolute Gasteiger partial charge is 0.369 e. The van der Waals surface area contributed by atoms with Crippen LogP contribution in [0.1, 0.15) is 5.56 Å². The first-order chi connectivity index (χ1) is 7.41. The normalized spacial score (nSPS) is 11.6. The maximum Gasteiger partial charge on any atom is 0.295 e. The predicted octanol–water partition coefficient (Wildman–Crippen LogP) is -0.459.